The van der Waals surface area contributed by atoms with Gasteiger partial charge >= 0.3 is 0 Å². The Morgan fingerprint density at radius 3 is 3.07 bits per heavy atom. The molecule has 0 aliphatic rings. The molecule has 1 aromatic heterocycles. The van der Waals surface area contributed by atoms with Gasteiger partial charge in [0.1, 0.15) is 12.2 Å². The lowest BCUT2D eigenvalue weighted by atomic mass is 10.2. The van der Waals surface area contributed by atoms with Crippen LogP contribution in [0.1, 0.15) is 25.6 Å². The molecule has 0 bridgehead atoms. The van der Waals surface area contributed by atoms with Crippen LogP contribution < -0.4 is 5.32 Å². The monoisotopic (exact) mass is 194 g/mol. The highest BCUT2D eigenvalue weighted by Crippen LogP contribution is 1.98. The minimum Gasteiger partial charge on any atom is -0.307 e. The highest BCUT2D eigenvalue weighted by Gasteiger charge is 2.03. The van der Waals surface area contributed by atoms with Crippen LogP contribution in [-0.4, -0.2) is 20.8 Å². The molecule has 0 aromatic carbocycles. The Hall–Kier alpha value is -1.16. The normalized spacial score (nSPS) is 12.7. The second kappa shape index (κ2) is 5.54. The maximum Gasteiger partial charge on any atom is 0.140 e. The predicted molar refractivity (Wildman–Crippen MR) is 56.7 cm³/mol. The quantitative estimate of drug-likeness (QED) is 0.693. The number of aryl methyl sites for hydroxylation is 1. The third kappa shape index (κ3) is 3.30. The molecular weight excluding hydrogens is 176 g/mol. The molecule has 0 aliphatic carbocycles. The topological polar surface area (TPSA) is 42.7 Å². The second-order valence-corrected chi connectivity index (χ2v) is 3.45. The Kier molecular flexibility index (Phi) is 4.32. The second-order valence-electron chi connectivity index (χ2n) is 3.45. The van der Waals surface area contributed by atoms with Crippen molar-refractivity contribution in [2.75, 3.05) is 0 Å². The first-order valence-electron chi connectivity index (χ1n) is 4.91. The molecule has 1 atom stereocenters. The van der Waals surface area contributed by atoms with Crippen LogP contribution >= 0.6 is 0 Å². The van der Waals surface area contributed by atoms with Crippen molar-refractivity contribution in [3.8, 4) is 0 Å². The first-order chi connectivity index (χ1) is 6.74. The average Bonchev–Trinajstić information content (AvgIpc) is 2.58. The van der Waals surface area contributed by atoms with E-state index in [-0.39, 0.29) is 0 Å². The van der Waals surface area contributed by atoms with E-state index in [1.165, 1.54) is 0 Å². The molecular formula is C10H18N4. The first kappa shape index (κ1) is 10.9. The Bertz CT molecular complexity index is 279. The van der Waals surface area contributed by atoms with Gasteiger partial charge in [0.15, 0.2) is 0 Å². The maximum atomic E-state index is 4.14. The van der Waals surface area contributed by atoms with Crippen molar-refractivity contribution in [3.63, 3.8) is 0 Å². The van der Waals surface area contributed by atoms with E-state index in [9.17, 15) is 0 Å². The van der Waals surface area contributed by atoms with Crippen molar-refractivity contribution in [2.45, 2.75) is 32.4 Å². The number of hydrogen-bond donors (Lipinski definition) is 1. The molecule has 1 aromatic rings. The van der Waals surface area contributed by atoms with Crippen molar-refractivity contribution >= 4 is 0 Å². The molecule has 1 unspecified atom stereocenters. The Labute approximate surface area is 85.0 Å². The summed E-state index contributed by atoms with van der Waals surface area (Å²) in [6.45, 7) is 6.64. The maximum absolute atomic E-state index is 4.14. The van der Waals surface area contributed by atoms with Gasteiger partial charge in [0.05, 0.1) is 6.54 Å². The van der Waals surface area contributed by atoms with E-state index in [4.69, 9.17) is 0 Å². The Morgan fingerprint density at radius 1 is 1.71 bits per heavy atom. The molecule has 0 radical (unpaired) electrons. The SMILES string of the molecule is C=CCCC(C)NCc1ncnn1C. The van der Waals surface area contributed by atoms with Crippen LogP contribution in [0.4, 0.5) is 0 Å². The molecule has 0 spiro atoms. The summed E-state index contributed by atoms with van der Waals surface area (Å²) in [6, 6.07) is 0.490. The molecule has 4 heteroatoms. The summed E-state index contributed by atoms with van der Waals surface area (Å²) in [6.07, 6.45) is 5.68. The molecule has 1 rings (SSSR count). The summed E-state index contributed by atoms with van der Waals surface area (Å²) in [5, 5.41) is 7.40. The molecule has 0 aliphatic heterocycles. The molecule has 0 fully saturated rings. The third-order valence-corrected chi connectivity index (χ3v) is 2.22. The van der Waals surface area contributed by atoms with Gasteiger partial charge in [-0.3, -0.25) is 4.68 Å². The van der Waals surface area contributed by atoms with Crippen LogP contribution in [0, 0.1) is 0 Å². The lowest BCUT2D eigenvalue weighted by Crippen LogP contribution is -2.26. The zero-order valence-electron chi connectivity index (χ0n) is 8.90. The van der Waals surface area contributed by atoms with E-state index >= 15 is 0 Å². The molecule has 0 amide bonds. The molecule has 1 N–H and O–H groups in total. The van der Waals surface area contributed by atoms with Crippen molar-refractivity contribution < 1.29 is 0 Å². The summed E-state index contributed by atoms with van der Waals surface area (Å²) in [7, 11) is 1.90. The van der Waals surface area contributed by atoms with Crippen molar-refractivity contribution in [1.82, 2.24) is 20.1 Å². The fourth-order valence-electron chi connectivity index (χ4n) is 1.22. The number of nitrogens with zero attached hydrogens (tertiary/aromatic N) is 3. The summed E-state index contributed by atoms with van der Waals surface area (Å²) in [4.78, 5) is 4.14. The van der Waals surface area contributed by atoms with E-state index in [1.807, 2.05) is 13.1 Å². The molecule has 78 valence electrons. The molecule has 4 nitrogen and oxygen atoms in total. The van der Waals surface area contributed by atoms with E-state index in [0.29, 0.717) is 6.04 Å². The van der Waals surface area contributed by atoms with Crippen LogP contribution in [0.2, 0.25) is 0 Å². The standard InChI is InChI=1S/C10H18N4/c1-4-5-6-9(2)11-7-10-12-8-13-14(10)3/h4,8-9,11H,1,5-7H2,2-3H3. The Balaban J connectivity index is 2.26. The van der Waals surface area contributed by atoms with Crippen LogP contribution in [0.3, 0.4) is 0 Å². The van der Waals surface area contributed by atoms with E-state index < -0.39 is 0 Å². The predicted octanol–water partition coefficient (Wildman–Crippen LogP) is 1.26. The fourth-order valence-corrected chi connectivity index (χ4v) is 1.22. The Morgan fingerprint density at radius 2 is 2.50 bits per heavy atom. The van der Waals surface area contributed by atoms with E-state index in [1.54, 1.807) is 11.0 Å². The molecule has 0 saturated heterocycles. The zero-order valence-corrected chi connectivity index (χ0v) is 8.90. The minimum atomic E-state index is 0.490. The van der Waals surface area contributed by atoms with Crippen molar-refractivity contribution in [2.24, 2.45) is 7.05 Å². The lowest BCUT2D eigenvalue weighted by Gasteiger charge is -2.11. The summed E-state index contributed by atoms with van der Waals surface area (Å²) < 4.78 is 1.78. The first-order valence-corrected chi connectivity index (χ1v) is 4.91. The smallest absolute Gasteiger partial charge is 0.140 e. The molecule has 0 saturated carbocycles. The van der Waals surface area contributed by atoms with E-state index in [0.717, 1.165) is 25.2 Å². The fraction of sp³-hybridized carbons (Fsp3) is 0.600. The zero-order chi connectivity index (χ0) is 10.4. The van der Waals surface area contributed by atoms with Gasteiger partial charge < -0.3 is 5.32 Å². The van der Waals surface area contributed by atoms with Crippen molar-refractivity contribution in [1.29, 1.82) is 0 Å². The van der Waals surface area contributed by atoms with E-state index in [2.05, 4.69) is 28.9 Å². The average molecular weight is 194 g/mol. The number of allylic oxidation sites excluding steroid dienone is 1. The van der Waals surface area contributed by atoms with Crippen LogP contribution in [0.5, 0.6) is 0 Å². The minimum absolute atomic E-state index is 0.490. The number of hydrogen-bond acceptors (Lipinski definition) is 3. The van der Waals surface area contributed by atoms with Gasteiger partial charge in [-0.25, -0.2) is 4.98 Å². The van der Waals surface area contributed by atoms with Crippen molar-refractivity contribution in [3.05, 3.63) is 24.8 Å². The summed E-state index contributed by atoms with van der Waals surface area (Å²) >= 11 is 0. The number of aromatic nitrogens is 3. The van der Waals surface area contributed by atoms with Crippen LogP contribution in [0.25, 0.3) is 0 Å². The van der Waals surface area contributed by atoms with Gasteiger partial charge in [0.25, 0.3) is 0 Å². The summed E-state index contributed by atoms with van der Waals surface area (Å²) in [5.74, 6) is 0.968. The highest BCUT2D eigenvalue weighted by molar-refractivity contribution is 4.83. The highest BCUT2D eigenvalue weighted by atomic mass is 15.3. The largest absolute Gasteiger partial charge is 0.307 e. The molecule has 14 heavy (non-hydrogen) atoms. The van der Waals surface area contributed by atoms with Gasteiger partial charge in [-0.05, 0) is 19.8 Å². The van der Waals surface area contributed by atoms with Gasteiger partial charge in [-0.2, -0.15) is 5.10 Å². The van der Waals surface area contributed by atoms with Gasteiger partial charge in [0, 0.05) is 13.1 Å². The van der Waals surface area contributed by atoms with Gasteiger partial charge in [-0.15, -0.1) is 6.58 Å². The molecule has 1 heterocycles. The summed E-state index contributed by atoms with van der Waals surface area (Å²) in [5.41, 5.74) is 0. The van der Waals surface area contributed by atoms with Crippen LogP contribution in [-0.2, 0) is 13.6 Å². The van der Waals surface area contributed by atoms with Crippen LogP contribution in [0.15, 0.2) is 19.0 Å². The van der Waals surface area contributed by atoms with Gasteiger partial charge in [0.2, 0.25) is 0 Å². The number of rotatable bonds is 6. The lowest BCUT2D eigenvalue weighted by molar-refractivity contribution is 0.497. The van der Waals surface area contributed by atoms with Gasteiger partial charge in [-0.1, -0.05) is 6.08 Å². The third-order valence-electron chi connectivity index (χ3n) is 2.22. The number of nitrogens with one attached hydrogen (secondary N) is 1.